The maximum atomic E-state index is 13.2. The van der Waals surface area contributed by atoms with Crippen LogP contribution in [0.5, 0.6) is 0 Å². The lowest BCUT2D eigenvalue weighted by Gasteiger charge is -2.31. The lowest BCUT2D eigenvalue weighted by atomic mass is 10.0. The van der Waals surface area contributed by atoms with Crippen molar-refractivity contribution in [3.8, 4) is 11.1 Å². The number of carbonyl (C=O) groups excluding carboxylic acids is 1. The van der Waals surface area contributed by atoms with Crippen molar-refractivity contribution in [2.75, 3.05) is 20.1 Å². The highest BCUT2D eigenvalue weighted by Gasteiger charge is 2.44. The van der Waals surface area contributed by atoms with Crippen molar-refractivity contribution in [2.45, 2.75) is 18.5 Å². The van der Waals surface area contributed by atoms with Crippen molar-refractivity contribution in [1.29, 1.82) is 0 Å². The van der Waals surface area contributed by atoms with E-state index in [0.717, 1.165) is 41.5 Å². The molecule has 2 aliphatic heterocycles. The first-order chi connectivity index (χ1) is 12.6. The molecule has 5 nitrogen and oxygen atoms in total. The second kappa shape index (κ2) is 5.64. The number of hydrogen-bond donors (Lipinski definition) is 1. The zero-order valence-corrected chi connectivity index (χ0v) is 14.4. The van der Waals surface area contributed by atoms with Crippen LogP contribution in [0.3, 0.4) is 0 Å². The molecule has 2 saturated heterocycles. The number of aromatic nitrogens is 2. The molecule has 0 radical (unpaired) electrons. The van der Waals surface area contributed by atoms with E-state index >= 15 is 0 Å². The summed E-state index contributed by atoms with van der Waals surface area (Å²) in [4.78, 5) is 17.4. The highest BCUT2D eigenvalue weighted by molar-refractivity contribution is 6.06. The van der Waals surface area contributed by atoms with Crippen LogP contribution < -0.4 is 0 Å². The molecule has 5 rings (SSSR count). The number of benzene rings is 2. The number of nitrogens with zero attached hydrogens (tertiary/aromatic N) is 3. The quantitative estimate of drug-likeness (QED) is 0.773. The van der Waals surface area contributed by atoms with Crippen molar-refractivity contribution in [3.63, 3.8) is 0 Å². The van der Waals surface area contributed by atoms with E-state index in [9.17, 15) is 9.18 Å². The van der Waals surface area contributed by atoms with Gasteiger partial charge in [-0.05, 0) is 48.9 Å². The van der Waals surface area contributed by atoms with Crippen LogP contribution in [0, 0.1) is 5.82 Å². The van der Waals surface area contributed by atoms with Gasteiger partial charge in [0.1, 0.15) is 5.82 Å². The van der Waals surface area contributed by atoms with Gasteiger partial charge < -0.3 is 4.90 Å². The zero-order valence-electron chi connectivity index (χ0n) is 14.4. The van der Waals surface area contributed by atoms with Gasteiger partial charge in [-0.15, -0.1) is 0 Å². The third-order valence-electron chi connectivity index (χ3n) is 5.72. The average Bonchev–Trinajstić information content (AvgIpc) is 3.34. The van der Waals surface area contributed by atoms with Gasteiger partial charge in [0.15, 0.2) is 5.69 Å². The maximum absolute atomic E-state index is 13.2. The molecule has 2 fully saturated rings. The van der Waals surface area contributed by atoms with Gasteiger partial charge in [-0.1, -0.05) is 18.2 Å². The fourth-order valence-corrected chi connectivity index (χ4v) is 4.25. The largest absolute Gasteiger partial charge is 0.331 e. The molecule has 2 atom stereocenters. The van der Waals surface area contributed by atoms with E-state index in [1.54, 1.807) is 12.1 Å². The summed E-state index contributed by atoms with van der Waals surface area (Å²) < 4.78 is 13.2. The lowest BCUT2D eigenvalue weighted by Crippen LogP contribution is -2.47. The highest BCUT2D eigenvalue weighted by Crippen LogP contribution is 2.32. The smallest absolute Gasteiger partial charge is 0.275 e. The number of amides is 1. The van der Waals surface area contributed by atoms with Gasteiger partial charge in [0.25, 0.3) is 5.91 Å². The predicted molar refractivity (Wildman–Crippen MR) is 97.3 cm³/mol. The number of likely N-dealkylation sites (tertiary alicyclic amines) is 2. The topological polar surface area (TPSA) is 52.2 Å². The number of aromatic amines is 1. The van der Waals surface area contributed by atoms with Gasteiger partial charge in [-0.3, -0.25) is 14.8 Å². The van der Waals surface area contributed by atoms with Crippen LogP contribution in [-0.2, 0) is 0 Å². The van der Waals surface area contributed by atoms with E-state index in [-0.39, 0.29) is 17.8 Å². The molecule has 0 spiro atoms. The molecule has 1 aromatic heterocycles. The normalized spacial score (nSPS) is 22.5. The highest BCUT2D eigenvalue weighted by atomic mass is 19.1. The van der Waals surface area contributed by atoms with Gasteiger partial charge in [0.05, 0.1) is 5.52 Å². The van der Waals surface area contributed by atoms with E-state index in [0.29, 0.717) is 11.7 Å². The number of fused-ring (bicyclic) bond motifs is 3. The molecule has 2 bridgehead atoms. The number of H-pyrrole nitrogens is 1. The first kappa shape index (κ1) is 15.5. The Kier molecular flexibility index (Phi) is 3.37. The van der Waals surface area contributed by atoms with Crippen molar-refractivity contribution in [3.05, 3.63) is 54.0 Å². The van der Waals surface area contributed by atoms with Crippen LogP contribution in [0.15, 0.2) is 42.5 Å². The maximum Gasteiger partial charge on any atom is 0.275 e. The van der Waals surface area contributed by atoms with Crippen LogP contribution in [-0.4, -0.2) is 58.1 Å². The molecular formula is C20H19FN4O. The number of nitrogens with one attached hydrogen (secondary N) is 1. The molecule has 0 saturated carbocycles. The molecule has 132 valence electrons. The first-order valence-electron chi connectivity index (χ1n) is 8.85. The second-order valence-electron chi connectivity index (χ2n) is 7.28. The fourth-order valence-electron chi connectivity index (χ4n) is 4.25. The van der Waals surface area contributed by atoms with Crippen LogP contribution in [0.4, 0.5) is 4.39 Å². The average molecular weight is 350 g/mol. The van der Waals surface area contributed by atoms with Crippen LogP contribution in [0.2, 0.25) is 0 Å². The Morgan fingerprint density at radius 3 is 2.58 bits per heavy atom. The second-order valence-corrected chi connectivity index (χ2v) is 7.28. The van der Waals surface area contributed by atoms with E-state index < -0.39 is 0 Å². The third-order valence-corrected chi connectivity index (χ3v) is 5.72. The fraction of sp³-hybridized carbons (Fsp3) is 0.300. The summed E-state index contributed by atoms with van der Waals surface area (Å²) in [5.41, 5.74) is 3.16. The molecule has 2 aliphatic rings. The molecule has 2 unspecified atom stereocenters. The van der Waals surface area contributed by atoms with Crippen molar-refractivity contribution >= 4 is 16.8 Å². The summed E-state index contributed by atoms with van der Waals surface area (Å²) >= 11 is 0. The zero-order chi connectivity index (χ0) is 17.8. The summed E-state index contributed by atoms with van der Waals surface area (Å²) in [5.74, 6) is -0.267. The Hall–Kier alpha value is -2.73. The van der Waals surface area contributed by atoms with Gasteiger partial charge in [0, 0.05) is 30.6 Å². The van der Waals surface area contributed by atoms with Crippen molar-refractivity contribution < 1.29 is 9.18 Å². The summed E-state index contributed by atoms with van der Waals surface area (Å²) in [6.07, 6.45) is 1.05. The van der Waals surface area contributed by atoms with Crippen molar-refractivity contribution in [1.82, 2.24) is 20.0 Å². The van der Waals surface area contributed by atoms with Gasteiger partial charge in [0.2, 0.25) is 0 Å². The van der Waals surface area contributed by atoms with E-state index in [2.05, 4.69) is 22.1 Å². The Morgan fingerprint density at radius 1 is 1.12 bits per heavy atom. The number of likely N-dealkylation sites (N-methyl/N-ethyl adjacent to an activating group) is 1. The number of piperazine rings is 1. The van der Waals surface area contributed by atoms with E-state index in [1.807, 2.05) is 23.1 Å². The monoisotopic (exact) mass is 350 g/mol. The first-order valence-corrected chi connectivity index (χ1v) is 8.85. The number of halogens is 1. The molecular weight excluding hydrogens is 331 g/mol. The van der Waals surface area contributed by atoms with Crippen LogP contribution in [0.25, 0.3) is 22.0 Å². The molecule has 26 heavy (non-hydrogen) atoms. The number of carbonyl (C=O) groups is 1. The van der Waals surface area contributed by atoms with E-state index in [1.165, 1.54) is 12.1 Å². The predicted octanol–water partition coefficient (Wildman–Crippen LogP) is 2.90. The van der Waals surface area contributed by atoms with Gasteiger partial charge in [-0.25, -0.2) is 4.39 Å². The Labute approximate surface area is 150 Å². The standard InChI is InChI=1S/C20H19FN4O/c1-24-10-16-9-15(24)11-25(16)20(26)19-17-8-13(4-7-18(17)22-23-19)12-2-5-14(21)6-3-12/h2-8,15-16H,9-11H2,1H3,(H,22,23). The van der Waals surface area contributed by atoms with Gasteiger partial charge in [-0.2, -0.15) is 5.10 Å². The Balaban J connectivity index is 1.51. The Morgan fingerprint density at radius 2 is 1.88 bits per heavy atom. The number of hydrogen-bond acceptors (Lipinski definition) is 3. The molecule has 6 heteroatoms. The van der Waals surface area contributed by atoms with Crippen LogP contribution >= 0.6 is 0 Å². The molecule has 2 aromatic carbocycles. The molecule has 1 amide bonds. The van der Waals surface area contributed by atoms with Crippen molar-refractivity contribution in [2.24, 2.45) is 0 Å². The molecule has 3 heterocycles. The molecule has 1 N–H and O–H groups in total. The van der Waals surface area contributed by atoms with Crippen LogP contribution in [0.1, 0.15) is 16.9 Å². The lowest BCUT2D eigenvalue weighted by molar-refractivity contribution is 0.0646. The minimum atomic E-state index is -0.261. The molecule has 3 aromatic rings. The Bertz CT molecular complexity index is 995. The van der Waals surface area contributed by atoms with Gasteiger partial charge >= 0.3 is 0 Å². The summed E-state index contributed by atoms with van der Waals surface area (Å²) in [6.45, 7) is 1.70. The summed E-state index contributed by atoms with van der Waals surface area (Å²) in [6, 6.07) is 12.9. The molecule has 0 aliphatic carbocycles. The SMILES string of the molecule is CN1CC2CC1CN2C(=O)c1n[nH]c2ccc(-c3ccc(F)cc3)cc12. The third kappa shape index (κ3) is 2.33. The minimum Gasteiger partial charge on any atom is -0.331 e. The summed E-state index contributed by atoms with van der Waals surface area (Å²) in [7, 11) is 2.12. The summed E-state index contributed by atoms with van der Waals surface area (Å²) in [5, 5.41) is 8.08. The minimum absolute atomic E-state index is 0.00638. The number of rotatable bonds is 2. The van der Waals surface area contributed by atoms with E-state index in [4.69, 9.17) is 0 Å².